The Bertz CT molecular complexity index is 1050. The van der Waals surface area contributed by atoms with Crippen molar-refractivity contribution in [2.45, 2.75) is 31.9 Å². The Labute approximate surface area is 191 Å². The zero-order valence-electron chi connectivity index (χ0n) is 18.6. The second-order valence-electron chi connectivity index (χ2n) is 8.09. The Hall–Kier alpha value is -3.26. The molecule has 0 aliphatic carbocycles. The van der Waals surface area contributed by atoms with Crippen LogP contribution in [0.2, 0.25) is 0 Å². The van der Waals surface area contributed by atoms with Crippen LogP contribution in [0.4, 0.5) is 4.39 Å². The lowest BCUT2D eigenvalue weighted by Crippen LogP contribution is -2.37. The molecule has 0 bridgehead atoms. The predicted octanol–water partition coefficient (Wildman–Crippen LogP) is 3.36. The number of benzene rings is 2. The summed E-state index contributed by atoms with van der Waals surface area (Å²) >= 11 is 0. The lowest BCUT2D eigenvalue weighted by atomic mass is 9.86. The molecule has 8 heteroatoms. The summed E-state index contributed by atoms with van der Waals surface area (Å²) in [6, 6.07) is 9.26. The quantitative estimate of drug-likeness (QED) is 0.345. The molecule has 174 valence electrons. The molecule has 0 saturated carbocycles. The van der Waals surface area contributed by atoms with Crippen LogP contribution >= 0.6 is 0 Å². The smallest absolute Gasteiger partial charge is 0.291 e. The molecule has 2 aromatic carbocycles. The van der Waals surface area contributed by atoms with E-state index in [1.165, 1.54) is 24.1 Å². The van der Waals surface area contributed by atoms with Crippen molar-refractivity contribution in [3.8, 4) is 11.5 Å². The highest BCUT2D eigenvalue weighted by Crippen LogP contribution is 2.41. The van der Waals surface area contributed by atoms with Gasteiger partial charge in [-0.1, -0.05) is 6.07 Å². The zero-order chi connectivity index (χ0) is 23.5. The fraction of sp³-hybridized carbons (Fsp3) is 0.400. The van der Waals surface area contributed by atoms with E-state index >= 15 is 0 Å². The number of rotatable bonds is 8. The molecule has 2 fully saturated rings. The van der Waals surface area contributed by atoms with Crippen molar-refractivity contribution in [2.24, 2.45) is 5.92 Å². The first kappa shape index (κ1) is 22.9. The molecule has 2 aliphatic rings. The third-order valence-electron chi connectivity index (χ3n) is 6.07. The van der Waals surface area contributed by atoms with Gasteiger partial charge < -0.3 is 19.1 Å². The van der Waals surface area contributed by atoms with Gasteiger partial charge in [0.25, 0.3) is 5.91 Å². The van der Waals surface area contributed by atoms with Gasteiger partial charge in [0.2, 0.25) is 5.78 Å². The van der Waals surface area contributed by atoms with E-state index in [0.717, 1.165) is 25.0 Å². The minimum absolute atomic E-state index is 0.171. The van der Waals surface area contributed by atoms with Crippen molar-refractivity contribution in [2.75, 3.05) is 26.9 Å². The van der Waals surface area contributed by atoms with Crippen LogP contribution < -0.4 is 9.47 Å². The molecular formula is C25H26FNO6. The number of nitrogens with zero attached hydrogens (tertiary/aromatic N) is 1. The molecule has 0 radical (unpaired) electrons. The van der Waals surface area contributed by atoms with E-state index < -0.39 is 35.3 Å². The molecule has 0 spiro atoms. The van der Waals surface area contributed by atoms with E-state index in [-0.39, 0.29) is 18.2 Å². The topological polar surface area (TPSA) is 82.1 Å². The molecule has 3 unspecified atom stereocenters. The third kappa shape index (κ3) is 4.48. The van der Waals surface area contributed by atoms with E-state index in [1.54, 1.807) is 18.2 Å². The van der Waals surface area contributed by atoms with Gasteiger partial charge >= 0.3 is 0 Å². The number of hydrogen-bond acceptors (Lipinski definition) is 6. The van der Waals surface area contributed by atoms with Crippen LogP contribution in [0.3, 0.4) is 0 Å². The maximum absolute atomic E-state index is 13.4. The minimum atomic E-state index is -1.26. The number of methoxy groups -OCH3 is 1. The van der Waals surface area contributed by atoms with Crippen molar-refractivity contribution in [1.82, 2.24) is 4.90 Å². The fourth-order valence-electron chi connectivity index (χ4n) is 4.50. The van der Waals surface area contributed by atoms with Gasteiger partial charge in [-0.15, -0.1) is 0 Å². The number of Topliss-reactive ketones (excluding diaryl/α,β-unsaturated/α-hetero) is 2. The first-order valence-electron chi connectivity index (χ1n) is 11.0. The molecule has 2 saturated heterocycles. The van der Waals surface area contributed by atoms with Crippen LogP contribution in [-0.2, 0) is 14.3 Å². The van der Waals surface area contributed by atoms with Crippen LogP contribution in [0.5, 0.6) is 11.5 Å². The Morgan fingerprint density at radius 2 is 1.91 bits per heavy atom. The number of halogens is 1. The first-order valence-corrected chi connectivity index (χ1v) is 11.0. The highest BCUT2D eigenvalue weighted by atomic mass is 19.1. The van der Waals surface area contributed by atoms with Crippen molar-refractivity contribution in [3.05, 3.63) is 59.4 Å². The zero-order valence-corrected chi connectivity index (χ0v) is 18.6. The number of amides is 1. The molecule has 4 rings (SSSR count). The third-order valence-corrected chi connectivity index (χ3v) is 6.07. The van der Waals surface area contributed by atoms with Gasteiger partial charge in [-0.2, -0.15) is 0 Å². The number of carbonyl (C=O) groups is 3. The first-order chi connectivity index (χ1) is 15.9. The van der Waals surface area contributed by atoms with Gasteiger partial charge in [-0.3, -0.25) is 14.4 Å². The maximum Gasteiger partial charge on any atom is 0.291 e. The molecule has 0 aromatic heterocycles. The number of ketones is 2. The van der Waals surface area contributed by atoms with E-state index in [9.17, 15) is 18.8 Å². The summed E-state index contributed by atoms with van der Waals surface area (Å²) in [6.07, 6.45) is 1.45. The Morgan fingerprint density at radius 3 is 2.55 bits per heavy atom. The summed E-state index contributed by atoms with van der Waals surface area (Å²) in [7, 11) is 1.50. The molecule has 7 nitrogen and oxygen atoms in total. The highest BCUT2D eigenvalue weighted by Gasteiger charge is 2.52. The van der Waals surface area contributed by atoms with E-state index in [2.05, 4.69) is 0 Å². The van der Waals surface area contributed by atoms with Gasteiger partial charge in [0.1, 0.15) is 11.7 Å². The van der Waals surface area contributed by atoms with Gasteiger partial charge in [0, 0.05) is 18.7 Å². The summed E-state index contributed by atoms with van der Waals surface area (Å²) in [4.78, 5) is 41.0. The molecular weight excluding hydrogens is 429 g/mol. The standard InChI is InChI=1S/C25H26FNO6/c1-3-32-19-11-8-16(13-20(19)31-2)22-21(23(28)15-6-9-17(26)10-7-15)24(29)25(30)27(22)14-18-5-4-12-33-18/h6-11,13,18,21-22H,3-5,12,14H2,1-2H3. The number of carbonyl (C=O) groups excluding carboxylic acids is 3. The maximum atomic E-state index is 13.4. The molecule has 2 aliphatic heterocycles. The lowest BCUT2D eigenvalue weighted by molar-refractivity contribution is -0.141. The van der Waals surface area contributed by atoms with E-state index in [4.69, 9.17) is 14.2 Å². The normalized spacial score (nSPS) is 22.6. The number of likely N-dealkylation sites (tertiary alicyclic amines) is 1. The summed E-state index contributed by atoms with van der Waals surface area (Å²) < 4.78 is 30.1. The monoisotopic (exact) mass is 455 g/mol. The van der Waals surface area contributed by atoms with Crippen molar-refractivity contribution >= 4 is 17.5 Å². The molecule has 2 aromatic rings. The fourth-order valence-corrected chi connectivity index (χ4v) is 4.50. The second kappa shape index (κ2) is 9.70. The summed E-state index contributed by atoms with van der Waals surface area (Å²) in [5.74, 6) is -2.82. The summed E-state index contributed by atoms with van der Waals surface area (Å²) in [5.41, 5.74) is 0.748. The van der Waals surface area contributed by atoms with Gasteiger partial charge in [0.15, 0.2) is 17.3 Å². The van der Waals surface area contributed by atoms with Crippen molar-refractivity contribution < 1.29 is 33.0 Å². The molecule has 3 atom stereocenters. The number of hydrogen-bond donors (Lipinski definition) is 0. The van der Waals surface area contributed by atoms with Gasteiger partial charge in [0.05, 0.1) is 25.9 Å². The van der Waals surface area contributed by atoms with Crippen molar-refractivity contribution in [3.63, 3.8) is 0 Å². The summed E-state index contributed by atoms with van der Waals surface area (Å²) in [5, 5.41) is 0. The summed E-state index contributed by atoms with van der Waals surface area (Å²) in [6.45, 7) is 3.09. The predicted molar refractivity (Wildman–Crippen MR) is 117 cm³/mol. The highest BCUT2D eigenvalue weighted by molar-refractivity contribution is 6.44. The van der Waals surface area contributed by atoms with Crippen LogP contribution in [0.15, 0.2) is 42.5 Å². The van der Waals surface area contributed by atoms with Gasteiger partial charge in [-0.05, 0) is 61.7 Å². The molecule has 0 N–H and O–H groups in total. The lowest BCUT2D eigenvalue weighted by Gasteiger charge is -2.29. The number of ether oxygens (including phenoxy) is 3. The molecule has 33 heavy (non-hydrogen) atoms. The Balaban J connectivity index is 1.76. The van der Waals surface area contributed by atoms with E-state index in [0.29, 0.717) is 30.3 Å². The van der Waals surface area contributed by atoms with E-state index in [1.807, 2.05) is 6.92 Å². The SMILES string of the molecule is CCOc1ccc(C2C(C(=O)c3ccc(F)cc3)C(=O)C(=O)N2CC2CCCO2)cc1OC. The average molecular weight is 455 g/mol. The minimum Gasteiger partial charge on any atom is -0.493 e. The van der Waals surface area contributed by atoms with Crippen LogP contribution in [0.25, 0.3) is 0 Å². The molecule has 1 amide bonds. The van der Waals surface area contributed by atoms with Crippen LogP contribution in [0, 0.1) is 11.7 Å². The van der Waals surface area contributed by atoms with Crippen LogP contribution in [0.1, 0.15) is 41.7 Å². The Kier molecular flexibility index (Phi) is 6.74. The molecule has 2 heterocycles. The van der Waals surface area contributed by atoms with Crippen molar-refractivity contribution in [1.29, 1.82) is 0 Å². The van der Waals surface area contributed by atoms with Crippen LogP contribution in [-0.4, -0.2) is 55.3 Å². The van der Waals surface area contributed by atoms with Gasteiger partial charge in [-0.25, -0.2) is 4.39 Å². The second-order valence-corrected chi connectivity index (χ2v) is 8.09. The Morgan fingerprint density at radius 1 is 1.15 bits per heavy atom. The average Bonchev–Trinajstić information content (AvgIpc) is 3.42. The largest absolute Gasteiger partial charge is 0.493 e.